The van der Waals surface area contributed by atoms with Gasteiger partial charge in [0.05, 0.1) is 17.1 Å². The van der Waals surface area contributed by atoms with Gasteiger partial charge in [-0.05, 0) is 84.1 Å². The number of imidazole rings is 1. The van der Waals surface area contributed by atoms with Crippen molar-refractivity contribution in [3.8, 4) is 0 Å². The van der Waals surface area contributed by atoms with Gasteiger partial charge >= 0.3 is 0 Å². The standard InChI is InChI=1S/C33H35FN4O/c1-22(2)31(37(17-7-16-35)33(39)27-14-13-25-9-4-5-10-26(25)20-27)32-36-29-18-23(3)12-15-30(29)38(32)21-24-8-6-11-28(34)19-24/h4-6,8-15,18-20,22,31H,7,16-17,21,35H2,1-3H3. The minimum absolute atomic E-state index is 0.0477. The van der Waals surface area contributed by atoms with Gasteiger partial charge in [0.1, 0.15) is 11.6 Å². The molecule has 1 atom stereocenters. The molecule has 0 saturated carbocycles. The van der Waals surface area contributed by atoms with Crippen LogP contribution in [0.25, 0.3) is 21.8 Å². The van der Waals surface area contributed by atoms with Crippen LogP contribution >= 0.6 is 0 Å². The van der Waals surface area contributed by atoms with Crippen molar-refractivity contribution in [1.82, 2.24) is 14.5 Å². The van der Waals surface area contributed by atoms with E-state index in [2.05, 4.69) is 36.6 Å². The molecule has 1 unspecified atom stereocenters. The molecule has 0 aliphatic heterocycles. The number of benzene rings is 4. The third-order valence-electron chi connectivity index (χ3n) is 7.26. The van der Waals surface area contributed by atoms with E-state index in [4.69, 9.17) is 10.7 Å². The van der Waals surface area contributed by atoms with Gasteiger partial charge in [0.15, 0.2) is 0 Å². The third kappa shape index (κ3) is 5.57. The molecule has 6 heteroatoms. The molecule has 5 nitrogen and oxygen atoms in total. The number of hydrogen-bond acceptors (Lipinski definition) is 3. The van der Waals surface area contributed by atoms with Gasteiger partial charge in [-0.25, -0.2) is 9.37 Å². The quantitative estimate of drug-likeness (QED) is 0.230. The van der Waals surface area contributed by atoms with Gasteiger partial charge in [-0.15, -0.1) is 0 Å². The lowest BCUT2D eigenvalue weighted by Gasteiger charge is -2.35. The Hall–Kier alpha value is -4.03. The number of hydrogen-bond donors (Lipinski definition) is 1. The van der Waals surface area contributed by atoms with Crippen LogP contribution in [0.2, 0.25) is 0 Å². The molecule has 5 rings (SSSR count). The van der Waals surface area contributed by atoms with E-state index in [9.17, 15) is 9.18 Å². The molecule has 0 radical (unpaired) electrons. The highest BCUT2D eigenvalue weighted by Gasteiger charge is 2.33. The van der Waals surface area contributed by atoms with Crippen LogP contribution in [0.1, 0.15) is 53.6 Å². The molecule has 0 aliphatic rings. The first-order valence-corrected chi connectivity index (χ1v) is 13.6. The van der Waals surface area contributed by atoms with E-state index in [0.29, 0.717) is 31.6 Å². The highest BCUT2D eigenvalue weighted by Crippen LogP contribution is 2.33. The normalized spacial score (nSPS) is 12.4. The van der Waals surface area contributed by atoms with E-state index in [0.717, 1.165) is 38.8 Å². The summed E-state index contributed by atoms with van der Waals surface area (Å²) in [5.74, 6) is 0.539. The van der Waals surface area contributed by atoms with Gasteiger partial charge in [0.2, 0.25) is 0 Å². The Labute approximate surface area is 229 Å². The average molecular weight is 523 g/mol. The third-order valence-corrected chi connectivity index (χ3v) is 7.26. The Kier molecular flexibility index (Phi) is 7.75. The van der Waals surface area contributed by atoms with Gasteiger partial charge in [0, 0.05) is 18.7 Å². The first-order valence-electron chi connectivity index (χ1n) is 13.6. The number of amides is 1. The summed E-state index contributed by atoms with van der Waals surface area (Å²) in [6.07, 6.45) is 0.672. The molecular formula is C33H35FN4O. The Morgan fingerprint density at radius 3 is 2.51 bits per heavy atom. The molecule has 2 N–H and O–H groups in total. The second kappa shape index (κ2) is 11.4. The van der Waals surface area contributed by atoms with Crippen LogP contribution in [0.5, 0.6) is 0 Å². The molecule has 5 aromatic rings. The summed E-state index contributed by atoms with van der Waals surface area (Å²) in [7, 11) is 0. The summed E-state index contributed by atoms with van der Waals surface area (Å²) >= 11 is 0. The van der Waals surface area contributed by atoms with Gasteiger partial charge in [0.25, 0.3) is 5.91 Å². The minimum Gasteiger partial charge on any atom is -0.330 e. The van der Waals surface area contributed by atoms with Crippen molar-refractivity contribution in [2.45, 2.75) is 39.8 Å². The fraction of sp³-hybridized carbons (Fsp3) is 0.273. The van der Waals surface area contributed by atoms with Crippen molar-refractivity contribution in [3.05, 3.63) is 113 Å². The molecule has 0 bridgehead atoms. The highest BCUT2D eigenvalue weighted by molar-refractivity contribution is 5.98. The topological polar surface area (TPSA) is 64.2 Å². The van der Waals surface area contributed by atoms with Gasteiger partial charge in [-0.3, -0.25) is 4.79 Å². The van der Waals surface area contributed by atoms with Crippen LogP contribution in [0, 0.1) is 18.7 Å². The van der Waals surface area contributed by atoms with Crippen molar-refractivity contribution in [1.29, 1.82) is 0 Å². The zero-order valence-corrected chi connectivity index (χ0v) is 22.8. The zero-order chi connectivity index (χ0) is 27.5. The van der Waals surface area contributed by atoms with Crippen molar-refractivity contribution in [2.75, 3.05) is 13.1 Å². The Morgan fingerprint density at radius 1 is 0.974 bits per heavy atom. The summed E-state index contributed by atoms with van der Waals surface area (Å²) in [5, 5.41) is 2.12. The lowest BCUT2D eigenvalue weighted by molar-refractivity contribution is 0.0605. The van der Waals surface area contributed by atoms with E-state index in [1.54, 1.807) is 12.1 Å². The van der Waals surface area contributed by atoms with Crippen molar-refractivity contribution in [2.24, 2.45) is 11.7 Å². The average Bonchev–Trinajstić information content (AvgIpc) is 3.26. The first-order chi connectivity index (χ1) is 18.9. The number of aryl methyl sites for hydroxylation is 1. The summed E-state index contributed by atoms with van der Waals surface area (Å²) < 4.78 is 16.3. The van der Waals surface area contributed by atoms with Gasteiger partial charge < -0.3 is 15.2 Å². The lowest BCUT2D eigenvalue weighted by atomic mass is 9.98. The first kappa shape index (κ1) is 26.6. The predicted molar refractivity (Wildman–Crippen MR) is 156 cm³/mol. The van der Waals surface area contributed by atoms with Crippen LogP contribution in [0.15, 0.2) is 84.9 Å². The van der Waals surface area contributed by atoms with E-state index in [-0.39, 0.29) is 23.7 Å². The Morgan fingerprint density at radius 2 is 1.77 bits per heavy atom. The smallest absolute Gasteiger partial charge is 0.254 e. The number of fused-ring (bicyclic) bond motifs is 2. The number of aromatic nitrogens is 2. The van der Waals surface area contributed by atoms with Gasteiger partial charge in [-0.1, -0.05) is 62.4 Å². The number of halogens is 1. The van der Waals surface area contributed by atoms with E-state index in [1.807, 2.05) is 60.4 Å². The lowest BCUT2D eigenvalue weighted by Crippen LogP contribution is -2.40. The van der Waals surface area contributed by atoms with Crippen LogP contribution in [-0.2, 0) is 6.54 Å². The molecule has 0 fully saturated rings. The van der Waals surface area contributed by atoms with E-state index >= 15 is 0 Å². The number of carbonyl (C=O) groups is 1. The zero-order valence-electron chi connectivity index (χ0n) is 22.8. The molecule has 0 saturated heterocycles. The van der Waals surface area contributed by atoms with Crippen LogP contribution < -0.4 is 5.73 Å². The second-order valence-electron chi connectivity index (χ2n) is 10.6. The van der Waals surface area contributed by atoms with Crippen LogP contribution in [0.4, 0.5) is 4.39 Å². The maximum Gasteiger partial charge on any atom is 0.254 e. The summed E-state index contributed by atoms with van der Waals surface area (Å²) in [6.45, 7) is 7.71. The Balaban J connectivity index is 1.64. The molecule has 0 spiro atoms. The van der Waals surface area contributed by atoms with Crippen molar-refractivity contribution in [3.63, 3.8) is 0 Å². The summed E-state index contributed by atoms with van der Waals surface area (Å²) in [4.78, 5) is 21.2. The van der Waals surface area contributed by atoms with E-state index < -0.39 is 0 Å². The number of nitrogens with two attached hydrogens (primary N) is 1. The highest BCUT2D eigenvalue weighted by atomic mass is 19.1. The number of rotatable bonds is 9. The predicted octanol–water partition coefficient (Wildman–Crippen LogP) is 6.87. The molecule has 1 amide bonds. The molecule has 39 heavy (non-hydrogen) atoms. The van der Waals surface area contributed by atoms with Crippen LogP contribution in [-0.4, -0.2) is 33.4 Å². The second-order valence-corrected chi connectivity index (χ2v) is 10.6. The molecule has 200 valence electrons. The largest absolute Gasteiger partial charge is 0.330 e. The SMILES string of the molecule is Cc1ccc2c(c1)nc(C(C(C)C)N(CCCN)C(=O)c1ccc3ccccc3c1)n2Cc1cccc(F)c1. The number of nitrogens with zero attached hydrogens (tertiary/aromatic N) is 3. The molecule has 4 aromatic carbocycles. The van der Waals surface area contributed by atoms with Crippen molar-refractivity contribution >= 4 is 27.7 Å². The maximum absolute atomic E-state index is 14.2. The van der Waals surface area contributed by atoms with E-state index in [1.165, 1.54) is 6.07 Å². The minimum atomic E-state index is -0.309. The fourth-order valence-electron chi connectivity index (χ4n) is 5.38. The Bertz CT molecular complexity index is 1620. The maximum atomic E-state index is 14.2. The molecule has 0 aliphatic carbocycles. The van der Waals surface area contributed by atoms with Crippen LogP contribution in [0.3, 0.4) is 0 Å². The molecule has 1 heterocycles. The fourth-order valence-corrected chi connectivity index (χ4v) is 5.38. The summed E-state index contributed by atoms with van der Waals surface area (Å²) in [6, 6.07) is 26.4. The van der Waals surface area contributed by atoms with Crippen molar-refractivity contribution < 1.29 is 9.18 Å². The number of carbonyl (C=O) groups excluding carboxylic acids is 1. The monoisotopic (exact) mass is 522 g/mol. The summed E-state index contributed by atoms with van der Waals surface area (Å²) in [5.41, 5.74) is 10.3. The molecular weight excluding hydrogens is 487 g/mol. The van der Waals surface area contributed by atoms with Gasteiger partial charge in [-0.2, -0.15) is 0 Å². The molecule has 1 aromatic heterocycles.